The van der Waals surface area contributed by atoms with Gasteiger partial charge < -0.3 is 0 Å². The molecular weight excluding hydrogens is 202 g/mol. The summed E-state index contributed by atoms with van der Waals surface area (Å²) in [6, 6.07) is 12.4. The van der Waals surface area contributed by atoms with Crippen LogP contribution < -0.4 is 0 Å². The fourth-order valence-electron chi connectivity index (χ4n) is 1.64. The molecule has 0 N–H and O–H groups in total. The van der Waals surface area contributed by atoms with Crippen LogP contribution in [-0.2, 0) is 0 Å². The van der Waals surface area contributed by atoms with Crippen LogP contribution in [0.5, 0.6) is 0 Å². The van der Waals surface area contributed by atoms with Gasteiger partial charge in [-0.1, -0.05) is 18.2 Å². The number of benzene rings is 1. The van der Waals surface area contributed by atoms with Gasteiger partial charge >= 0.3 is 0 Å². The minimum Gasteiger partial charge on any atom is -0.256 e. The van der Waals surface area contributed by atoms with E-state index < -0.39 is 0 Å². The lowest BCUT2D eigenvalue weighted by atomic mass is 10.1. The molecule has 0 aliphatic carbocycles. The van der Waals surface area contributed by atoms with Gasteiger partial charge in [-0.25, -0.2) is 0 Å². The highest BCUT2D eigenvalue weighted by atomic mass is 32.2. The van der Waals surface area contributed by atoms with Gasteiger partial charge in [-0.15, -0.1) is 11.8 Å². The third kappa shape index (κ3) is 2.05. The van der Waals surface area contributed by atoms with E-state index >= 15 is 0 Å². The fraction of sp³-hybridized carbons (Fsp3) is 0.154. The summed E-state index contributed by atoms with van der Waals surface area (Å²) in [5.41, 5.74) is 3.58. The zero-order valence-corrected chi connectivity index (χ0v) is 9.71. The first-order valence-corrected chi connectivity index (χ1v) is 6.10. The monoisotopic (exact) mass is 215 g/mol. The van der Waals surface area contributed by atoms with Crippen LogP contribution in [0.15, 0.2) is 47.5 Å². The van der Waals surface area contributed by atoms with Crippen molar-refractivity contribution in [2.24, 2.45) is 0 Å². The molecule has 1 heterocycles. The quantitative estimate of drug-likeness (QED) is 0.707. The highest BCUT2D eigenvalue weighted by molar-refractivity contribution is 7.98. The number of rotatable bonds is 2. The van der Waals surface area contributed by atoms with Crippen molar-refractivity contribution >= 4 is 11.8 Å². The van der Waals surface area contributed by atoms with E-state index in [1.807, 2.05) is 24.4 Å². The summed E-state index contributed by atoms with van der Waals surface area (Å²) in [5.74, 6) is 0. The van der Waals surface area contributed by atoms with Gasteiger partial charge in [0.05, 0.1) is 5.69 Å². The van der Waals surface area contributed by atoms with Crippen LogP contribution in [0.3, 0.4) is 0 Å². The molecule has 0 fully saturated rings. The third-order valence-corrected chi connectivity index (χ3v) is 3.33. The highest BCUT2D eigenvalue weighted by Gasteiger charge is 2.05. The Hall–Kier alpha value is -1.28. The predicted octanol–water partition coefficient (Wildman–Crippen LogP) is 3.78. The molecule has 0 saturated carbocycles. The van der Waals surface area contributed by atoms with Gasteiger partial charge in [0.2, 0.25) is 0 Å². The van der Waals surface area contributed by atoms with E-state index in [1.165, 1.54) is 16.0 Å². The Kier molecular flexibility index (Phi) is 3.07. The molecule has 0 radical (unpaired) electrons. The average Bonchev–Trinajstić information content (AvgIpc) is 2.30. The summed E-state index contributed by atoms with van der Waals surface area (Å²) in [6.45, 7) is 2.15. The number of pyridine rings is 1. The van der Waals surface area contributed by atoms with Gasteiger partial charge in [-0.05, 0) is 36.9 Å². The molecule has 0 aliphatic heterocycles. The number of hydrogen-bond acceptors (Lipinski definition) is 2. The molecule has 15 heavy (non-hydrogen) atoms. The number of aromatic nitrogens is 1. The second-order valence-corrected chi connectivity index (χ2v) is 4.20. The number of thioether (sulfide) groups is 1. The maximum Gasteiger partial charge on any atom is 0.0705 e. The molecule has 0 amide bonds. The lowest BCUT2D eigenvalue weighted by Crippen LogP contribution is -1.88. The lowest BCUT2D eigenvalue weighted by Gasteiger charge is -2.08. The van der Waals surface area contributed by atoms with Crippen molar-refractivity contribution in [1.82, 2.24) is 4.98 Å². The zero-order chi connectivity index (χ0) is 10.7. The van der Waals surface area contributed by atoms with Gasteiger partial charge in [0.25, 0.3) is 0 Å². The molecule has 0 aliphatic rings. The van der Waals surface area contributed by atoms with Crippen LogP contribution in [-0.4, -0.2) is 11.2 Å². The predicted molar refractivity (Wildman–Crippen MR) is 66.2 cm³/mol. The van der Waals surface area contributed by atoms with E-state index in [0.717, 1.165) is 5.69 Å². The van der Waals surface area contributed by atoms with Crippen LogP contribution in [0.4, 0.5) is 0 Å². The Morgan fingerprint density at radius 2 is 1.93 bits per heavy atom. The molecule has 2 heteroatoms. The van der Waals surface area contributed by atoms with Crippen LogP contribution in [0.25, 0.3) is 11.3 Å². The Labute approximate surface area is 94.6 Å². The van der Waals surface area contributed by atoms with E-state index in [9.17, 15) is 0 Å². The topological polar surface area (TPSA) is 12.9 Å². The first kappa shape index (κ1) is 10.2. The fourth-order valence-corrected chi connectivity index (χ4v) is 2.27. The van der Waals surface area contributed by atoms with Crippen LogP contribution in [0.1, 0.15) is 5.56 Å². The van der Waals surface area contributed by atoms with E-state index in [2.05, 4.69) is 36.4 Å². The van der Waals surface area contributed by atoms with E-state index in [-0.39, 0.29) is 0 Å². The Bertz CT molecular complexity index is 451. The Balaban J connectivity index is 2.54. The summed E-state index contributed by atoms with van der Waals surface area (Å²) >= 11 is 1.78. The molecule has 0 spiro atoms. The van der Waals surface area contributed by atoms with E-state index in [1.54, 1.807) is 11.8 Å². The van der Waals surface area contributed by atoms with Crippen molar-refractivity contribution in [3.05, 3.63) is 48.2 Å². The minimum absolute atomic E-state index is 1.05. The second kappa shape index (κ2) is 4.49. The molecule has 2 aromatic rings. The molecule has 0 unspecified atom stereocenters. The van der Waals surface area contributed by atoms with Crippen molar-refractivity contribution < 1.29 is 0 Å². The molecule has 0 atom stereocenters. The van der Waals surface area contributed by atoms with Crippen LogP contribution in [0, 0.1) is 6.92 Å². The summed E-state index contributed by atoms with van der Waals surface area (Å²) in [4.78, 5) is 5.69. The molecule has 1 nitrogen and oxygen atoms in total. The van der Waals surface area contributed by atoms with Crippen molar-refractivity contribution in [3.63, 3.8) is 0 Å². The maximum atomic E-state index is 4.38. The first-order valence-electron chi connectivity index (χ1n) is 4.88. The Morgan fingerprint density at radius 1 is 1.07 bits per heavy atom. The van der Waals surface area contributed by atoms with Crippen molar-refractivity contribution in [1.29, 1.82) is 0 Å². The van der Waals surface area contributed by atoms with Crippen molar-refractivity contribution in [3.8, 4) is 11.3 Å². The van der Waals surface area contributed by atoms with Gasteiger partial charge in [0.15, 0.2) is 0 Å². The molecule has 0 bridgehead atoms. The van der Waals surface area contributed by atoms with Crippen molar-refractivity contribution in [2.45, 2.75) is 11.8 Å². The first-order chi connectivity index (χ1) is 7.33. The zero-order valence-electron chi connectivity index (χ0n) is 8.90. The summed E-state index contributed by atoms with van der Waals surface area (Å²) in [7, 11) is 0. The molecule has 2 rings (SSSR count). The van der Waals surface area contributed by atoms with E-state index in [4.69, 9.17) is 0 Å². The van der Waals surface area contributed by atoms with Crippen LogP contribution in [0.2, 0.25) is 0 Å². The summed E-state index contributed by atoms with van der Waals surface area (Å²) in [6.07, 6.45) is 3.94. The summed E-state index contributed by atoms with van der Waals surface area (Å²) in [5, 5.41) is 0. The smallest absolute Gasteiger partial charge is 0.0705 e. The van der Waals surface area contributed by atoms with Crippen molar-refractivity contribution in [2.75, 3.05) is 6.26 Å². The van der Waals surface area contributed by atoms with Gasteiger partial charge in [0.1, 0.15) is 0 Å². The SMILES string of the molecule is CSc1cccc(-c2ccccn2)c1C. The largest absolute Gasteiger partial charge is 0.256 e. The maximum absolute atomic E-state index is 4.38. The standard InChI is InChI=1S/C13H13NS/c1-10-11(6-5-8-13(10)15-2)12-7-3-4-9-14-12/h3-9H,1-2H3. The van der Waals surface area contributed by atoms with E-state index in [0.29, 0.717) is 0 Å². The number of hydrogen-bond donors (Lipinski definition) is 0. The Morgan fingerprint density at radius 3 is 2.60 bits per heavy atom. The lowest BCUT2D eigenvalue weighted by molar-refractivity contribution is 1.26. The highest BCUT2D eigenvalue weighted by Crippen LogP contribution is 2.28. The molecule has 1 aromatic heterocycles. The molecular formula is C13H13NS. The average molecular weight is 215 g/mol. The minimum atomic E-state index is 1.05. The molecule has 1 aromatic carbocycles. The number of nitrogens with zero attached hydrogens (tertiary/aromatic N) is 1. The third-order valence-electron chi connectivity index (χ3n) is 2.44. The second-order valence-electron chi connectivity index (χ2n) is 3.35. The van der Waals surface area contributed by atoms with Crippen LogP contribution >= 0.6 is 11.8 Å². The molecule has 0 saturated heterocycles. The summed E-state index contributed by atoms with van der Waals surface area (Å²) < 4.78 is 0. The molecule has 76 valence electrons. The van der Waals surface area contributed by atoms with Gasteiger partial charge in [-0.3, -0.25) is 4.98 Å². The normalized spacial score (nSPS) is 10.3. The van der Waals surface area contributed by atoms with Gasteiger partial charge in [-0.2, -0.15) is 0 Å². The van der Waals surface area contributed by atoms with Gasteiger partial charge in [0, 0.05) is 16.7 Å².